The summed E-state index contributed by atoms with van der Waals surface area (Å²) in [6, 6.07) is 59.7. The fourth-order valence-electron chi connectivity index (χ4n) is 7.97. The molecule has 54 heavy (non-hydrogen) atoms. The number of hydrogen-bond donors (Lipinski definition) is 1. The minimum absolute atomic E-state index is 0.641. The number of hydrogen-bond acceptors (Lipinski definition) is 4. The number of rotatable bonds is 5. The molecule has 0 bridgehead atoms. The Balaban J connectivity index is 0.00000178. The molecule has 6 heteroatoms. The Kier molecular flexibility index (Phi) is 7.70. The number of aromatic nitrogens is 5. The van der Waals surface area contributed by atoms with Crippen molar-refractivity contribution < 1.29 is 0 Å². The standard InChI is InChI=1S/C47H29N5.CH4S/c1-3-13-30(14-4-1)45-48-46(31-15-5-2-6-16-31)50-47(49-45)34-19-11-17-32(27-34)33-18-12-20-35(28-33)52-42-24-10-8-22-37(42)40-29-39-36-21-7-9-23-41(36)51-26-25-38(43(39)51)44(40)52;1-2/h1-29H;2H,1H3. The van der Waals surface area contributed by atoms with E-state index in [9.17, 15) is 0 Å². The summed E-state index contributed by atoms with van der Waals surface area (Å²) in [5.41, 5.74) is 11.1. The van der Waals surface area contributed by atoms with Crippen LogP contribution in [0.25, 0.3) is 100.0 Å². The molecule has 0 saturated carbocycles. The second-order valence-corrected chi connectivity index (χ2v) is 13.3. The van der Waals surface area contributed by atoms with Gasteiger partial charge < -0.3 is 8.97 Å². The van der Waals surface area contributed by atoms with Crippen molar-refractivity contribution in [1.29, 1.82) is 0 Å². The molecule has 0 atom stereocenters. The zero-order chi connectivity index (χ0) is 36.2. The summed E-state index contributed by atoms with van der Waals surface area (Å²) in [5.74, 6) is 1.94. The normalized spacial score (nSPS) is 11.5. The van der Waals surface area contributed by atoms with Gasteiger partial charge in [0.15, 0.2) is 17.5 Å². The molecule has 11 rings (SSSR count). The van der Waals surface area contributed by atoms with Crippen molar-refractivity contribution >= 4 is 61.6 Å². The Morgan fingerprint density at radius 3 is 1.56 bits per heavy atom. The van der Waals surface area contributed by atoms with Gasteiger partial charge in [0, 0.05) is 55.5 Å². The van der Waals surface area contributed by atoms with Crippen molar-refractivity contribution in [2.24, 2.45) is 0 Å². The average molecular weight is 712 g/mol. The highest BCUT2D eigenvalue weighted by molar-refractivity contribution is 7.79. The summed E-state index contributed by atoms with van der Waals surface area (Å²) in [7, 11) is 0. The summed E-state index contributed by atoms with van der Waals surface area (Å²) in [4.78, 5) is 14.9. The second kappa shape index (κ2) is 13.0. The number of benzene rings is 7. The topological polar surface area (TPSA) is 48.0 Å². The highest BCUT2D eigenvalue weighted by Crippen LogP contribution is 2.43. The quantitative estimate of drug-likeness (QED) is 0.181. The van der Waals surface area contributed by atoms with E-state index in [1.54, 1.807) is 6.26 Å². The van der Waals surface area contributed by atoms with E-state index in [1.165, 1.54) is 49.0 Å². The maximum Gasteiger partial charge on any atom is 0.164 e. The molecule has 0 radical (unpaired) electrons. The zero-order valence-corrected chi connectivity index (χ0v) is 30.3. The van der Waals surface area contributed by atoms with Crippen molar-refractivity contribution in [3.05, 3.63) is 176 Å². The summed E-state index contributed by atoms with van der Waals surface area (Å²) < 4.78 is 4.78. The van der Waals surface area contributed by atoms with Crippen LogP contribution in [-0.4, -0.2) is 30.2 Å². The molecule has 0 spiro atoms. The minimum atomic E-state index is 0.641. The SMILES string of the molecule is CS.c1ccc(-c2nc(-c3ccccc3)nc(-c3cccc(-c4cccc(-n5c6ccccc6c6cc7c8ccccc8n8ccc(c65)c78)c4)c3)n2)cc1. The third kappa shape index (κ3) is 5.06. The van der Waals surface area contributed by atoms with Crippen molar-refractivity contribution in [2.45, 2.75) is 0 Å². The molecular formula is C48H33N5S. The molecule has 5 nitrogen and oxygen atoms in total. The first-order valence-electron chi connectivity index (χ1n) is 18.0. The van der Waals surface area contributed by atoms with Crippen LogP contribution in [0.15, 0.2) is 176 Å². The molecular weight excluding hydrogens is 679 g/mol. The van der Waals surface area contributed by atoms with E-state index in [-0.39, 0.29) is 0 Å². The van der Waals surface area contributed by atoms with Crippen LogP contribution in [0, 0.1) is 0 Å². The van der Waals surface area contributed by atoms with Gasteiger partial charge in [-0.2, -0.15) is 12.6 Å². The number of fused-ring (bicyclic) bond motifs is 7. The molecule has 4 aromatic heterocycles. The van der Waals surface area contributed by atoms with Gasteiger partial charge in [-0.25, -0.2) is 15.0 Å². The third-order valence-corrected chi connectivity index (χ3v) is 10.3. The molecule has 7 aromatic carbocycles. The molecule has 0 fully saturated rings. The molecule has 11 aromatic rings. The van der Waals surface area contributed by atoms with E-state index in [2.05, 4.69) is 137 Å². The van der Waals surface area contributed by atoms with Crippen LogP contribution < -0.4 is 0 Å². The van der Waals surface area contributed by atoms with E-state index in [4.69, 9.17) is 15.0 Å². The van der Waals surface area contributed by atoms with E-state index in [1.807, 2.05) is 60.7 Å². The van der Waals surface area contributed by atoms with E-state index >= 15 is 0 Å². The molecule has 0 unspecified atom stereocenters. The lowest BCUT2D eigenvalue weighted by atomic mass is 10.0. The molecule has 4 heterocycles. The van der Waals surface area contributed by atoms with Gasteiger partial charge in [-0.15, -0.1) is 0 Å². The van der Waals surface area contributed by atoms with Crippen LogP contribution in [-0.2, 0) is 0 Å². The molecule has 0 saturated heterocycles. The van der Waals surface area contributed by atoms with Crippen LogP contribution in [0.2, 0.25) is 0 Å². The summed E-state index contributed by atoms with van der Waals surface area (Å²) in [6.45, 7) is 0. The van der Waals surface area contributed by atoms with Gasteiger partial charge >= 0.3 is 0 Å². The molecule has 0 amide bonds. The fraction of sp³-hybridized carbons (Fsp3) is 0.0208. The predicted molar refractivity (Wildman–Crippen MR) is 228 cm³/mol. The molecule has 256 valence electrons. The molecule has 0 aliphatic rings. The van der Waals surface area contributed by atoms with Crippen molar-refractivity contribution in [3.8, 4) is 51.0 Å². The minimum Gasteiger partial charge on any atom is -0.315 e. The maximum absolute atomic E-state index is 4.99. The van der Waals surface area contributed by atoms with Crippen molar-refractivity contribution in [3.63, 3.8) is 0 Å². The summed E-state index contributed by atoms with van der Waals surface area (Å²) in [5, 5.41) is 6.34. The number of para-hydroxylation sites is 2. The fourth-order valence-corrected chi connectivity index (χ4v) is 7.97. The van der Waals surface area contributed by atoms with Crippen LogP contribution >= 0.6 is 12.6 Å². The number of nitrogens with zero attached hydrogens (tertiary/aromatic N) is 5. The van der Waals surface area contributed by atoms with E-state index in [0.717, 1.165) is 33.5 Å². The zero-order valence-electron chi connectivity index (χ0n) is 29.4. The smallest absolute Gasteiger partial charge is 0.164 e. The van der Waals surface area contributed by atoms with E-state index in [0.29, 0.717) is 17.5 Å². The Bertz CT molecular complexity index is 3070. The van der Waals surface area contributed by atoms with Crippen LogP contribution in [0.3, 0.4) is 0 Å². The Hall–Kier alpha value is -6.76. The number of thiol groups is 1. The van der Waals surface area contributed by atoms with Crippen LogP contribution in [0.4, 0.5) is 0 Å². The summed E-state index contributed by atoms with van der Waals surface area (Å²) >= 11 is 3.53. The van der Waals surface area contributed by atoms with Gasteiger partial charge in [-0.1, -0.05) is 127 Å². The Labute approximate surface area is 317 Å². The van der Waals surface area contributed by atoms with Crippen LogP contribution in [0.5, 0.6) is 0 Å². The van der Waals surface area contributed by atoms with Gasteiger partial charge in [-0.05, 0) is 59.8 Å². The highest BCUT2D eigenvalue weighted by Gasteiger charge is 2.21. The summed E-state index contributed by atoms with van der Waals surface area (Å²) in [6.07, 6.45) is 3.91. The molecule has 0 aliphatic heterocycles. The first kappa shape index (κ1) is 31.9. The second-order valence-electron chi connectivity index (χ2n) is 13.3. The highest BCUT2D eigenvalue weighted by atomic mass is 32.1. The van der Waals surface area contributed by atoms with Crippen molar-refractivity contribution in [1.82, 2.24) is 23.9 Å². The van der Waals surface area contributed by atoms with Gasteiger partial charge in [0.05, 0.1) is 22.1 Å². The first-order chi connectivity index (χ1) is 26.8. The maximum atomic E-state index is 4.99. The lowest BCUT2D eigenvalue weighted by Gasteiger charge is -2.12. The Morgan fingerprint density at radius 1 is 0.370 bits per heavy atom. The van der Waals surface area contributed by atoms with Gasteiger partial charge in [0.1, 0.15) is 0 Å². The van der Waals surface area contributed by atoms with Crippen molar-refractivity contribution in [2.75, 3.05) is 6.26 Å². The largest absolute Gasteiger partial charge is 0.315 e. The molecule has 0 aliphatic carbocycles. The lowest BCUT2D eigenvalue weighted by molar-refractivity contribution is 1.07. The third-order valence-electron chi connectivity index (χ3n) is 10.3. The van der Waals surface area contributed by atoms with Gasteiger partial charge in [0.2, 0.25) is 0 Å². The monoisotopic (exact) mass is 711 g/mol. The van der Waals surface area contributed by atoms with Crippen LogP contribution in [0.1, 0.15) is 0 Å². The lowest BCUT2D eigenvalue weighted by Crippen LogP contribution is -2.00. The van der Waals surface area contributed by atoms with Gasteiger partial charge in [0.25, 0.3) is 0 Å². The molecule has 0 N–H and O–H groups in total. The van der Waals surface area contributed by atoms with E-state index < -0.39 is 0 Å². The Morgan fingerprint density at radius 2 is 0.870 bits per heavy atom. The predicted octanol–water partition coefficient (Wildman–Crippen LogP) is 12.2. The average Bonchev–Trinajstić information content (AvgIpc) is 3.94. The van der Waals surface area contributed by atoms with Gasteiger partial charge in [-0.3, -0.25) is 0 Å². The first-order valence-corrected chi connectivity index (χ1v) is 18.9.